The molecule has 0 aliphatic carbocycles. The Balaban J connectivity index is 1.92. The van der Waals surface area contributed by atoms with E-state index in [1.54, 1.807) is 55.6 Å². The number of aliphatic hydroxyl groups excluding tert-OH is 1. The molecule has 1 aromatic heterocycles. The van der Waals surface area contributed by atoms with Gasteiger partial charge in [-0.3, -0.25) is 14.5 Å². The van der Waals surface area contributed by atoms with Gasteiger partial charge in [-0.15, -0.1) is 11.3 Å². The maximum atomic E-state index is 13.1. The summed E-state index contributed by atoms with van der Waals surface area (Å²) in [6.45, 7) is 3.75. The van der Waals surface area contributed by atoms with E-state index in [4.69, 9.17) is 16.3 Å². The summed E-state index contributed by atoms with van der Waals surface area (Å²) in [5, 5.41) is 12.0. The summed E-state index contributed by atoms with van der Waals surface area (Å²) in [6, 6.07) is 12.6. The second kappa shape index (κ2) is 8.17. The summed E-state index contributed by atoms with van der Waals surface area (Å²) >= 11 is 7.37. The first kappa shape index (κ1) is 21.1. The number of ether oxygens (including phenoxy) is 1. The van der Waals surface area contributed by atoms with Crippen LogP contribution in [0.2, 0.25) is 5.02 Å². The van der Waals surface area contributed by atoms with Crippen LogP contribution in [0.4, 0.5) is 5.13 Å². The molecule has 0 saturated carbocycles. The number of carbonyl (C=O) groups is 2. The van der Waals surface area contributed by atoms with Crippen molar-refractivity contribution in [2.75, 3.05) is 12.0 Å². The average Bonchev–Trinajstić information content (AvgIpc) is 3.23. The molecule has 1 atom stereocenters. The van der Waals surface area contributed by atoms with Crippen LogP contribution in [-0.2, 0) is 9.59 Å². The largest absolute Gasteiger partial charge is 0.507 e. The minimum Gasteiger partial charge on any atom is -0.507 e. The fourth-order valence-electron chi connectivity index (χ4n) is 3.45. The summed E-state index contributed by atoms with van der Waals surface area (Å²) in [6.07, 6.45) is 0. The number of benzene rings is 2. The average molecular weight is 455 g/mol. The van der Waals surface area contributed by atoms with Crippen LogP contribution in [-0.4, -0.2) is 28.9 Å². The van der Waals surface area contributed by atoms with Gasteiger partial charge in [-0.25, -0.2) is 4.98 Å². The number of anilines is 1. The molecule has 0 radical (unpaired) electrons. The molecule has 1 saturated heterocycles. The lowest BCUT2D eigenvalue weighted by atomic mass is 9.95. The number of aryl methyl sites for hydroxylation is 2. The van der Waals surface area contributed by atoms with Crippen LogP contribution < -0.4 is 9.64 Å². The maximum Gasteiger partial charge on any atom is 0.301 e. The fraction of sp³-hybridized carbons (Fsp3) is 0.174. The monoisotopic (exact) mass is 454 g/mol. The van der Waals surface area contributed by atoms with E-state index in [2.05, 4.69) is 4.98 Å². The second-order valence-electron chi connectivity index (χ2n) is 7.09. The number of ketones is 1. The first-order valence-corrected chi connectivity index (χ1v) is 10.7. The molecule has 1 aliphatic rings. The molecule has 31 heavy (non-hydrogen) atoms. The van der Waals surface area contributed by atoms with Crippen molar-refractivity contribution >= 4 is 45.5 Å². The number of rotatable bonds is 4. The SMILES string of the molecule is COc1ccc(C(O)=C2C(=O)C(=O)N(c3nc(C)c(C)s3)[C@@H]2c2ccc(Cl)cc2)cc1. The number of nitrogens with zero attached hydrogens (tertiary/aromatic N) is 2. The van der Waals surface area contributed by atoms with Crippen LogP contribution in [0.3, 0.4) is 0 Å². The van der Waals surface area contributed by atoms with Crippen molar-refractivity contribution in [1.82, 2.24) is 4.98 Å². The summed E-state index contributed by atoms with van der Waals surface area (Å²) in [5.41, 5.74) is 1.84. The molecule has 1 amide bonds. The number of Topliss-reactive ketones (excluding diaryl/α,β-unsaturated/α-hetero) is 1. The maximum absolute atomic E-state index is 13.1. The molecular weight excluding hydrogens is 436 g/mol. The zero-order valence-corrected chi connectivity index (χ0v) is 18.6. The highest BCUT2D eigenvalue weighted by Crippen LogP contribution is 2.43. The lowest BCUT2D eigenvalue weighted by Crippen LogP contribution is -2.29. The van der Waals surface area contributed by atoms with E-state index in [-0.39, 0.29) is 11.3 Å². The third kappa shape index (κ3) is 3.71. The van der Waals surface area contributed by atoms with E-state index < -0.39 is 17.7 Å². The molecule has 0 unspecified atom stereocenters. The molecule has 1 fully saturated rings. The number of aliphatic hydroxyl groups is 1. The van der Waals surface area contributed by atoms with E-state index in [9.17, 15) is 14.7 Å². The second-order valence-corrected chi connectivity index (χ2v) is 8.71. The molecular formula is C23H19ClN2O4S. The van der Waals surface area contributed by atoms with Crippen molar-refractivity contribution < 1.29 is 19.4 Å². The van der Waals surface area contributed by atoms with Crippen molar-refractivity contribution in [2.24, 2.45) is 0 Å². The number of hydrogen-bond donors (Lipinski definition) is 1. The zero-order valence-electron chi connectivity index (χ0n) is 17.0. The van der Waals surface area contributed by atoms with Crippen LogP contribution in [0.5, 0.6) is 5.75 Å². The van der Waals surface area contributed by atoms with E-state index in [1.165, 1.54) is 16.2 Å². The lowest BCUT2D eigenvalue weighted by Gasteiger charge is -2.23. The van der Waals surface area contributed by atoms with Crippen molar-refractivity contribution in [2.45, 2.75) is 19.9 Å². The smallest absolute Gasteiger partial charge is 0.301 e. The summed E-state index contributed by atoms with van der Waals surface area (Å²) in [5.74, 6) is -1.14. The quantitative estimate of drug-likeness (QED) is 0.339. The van der Waals surface area contributed by atoms with Crippen molar-refractivity contribution in [1.29, 1.82) is 0 Å². The molecule has 0 spiro atoms. The normalized spacial score (nSPS) is 17.9. The van der Waals surface area contributed by atoms with Gasteiger partial charge in [0.05, 0.1) is 24.4 Å². The predicted molar refractivity (Wildman–Crippen MR) is 121 cm³/mol. The molecule has 8 heteroatoms. The fourth-order valence-corrected chi connectivity index (χ4v) is 4.52. The molecule has 0 bridgehead atoms. The molecule has 1 aliphatic heterocycles. The summed E-state index contributed by atoms with van der Waals surface area (Å²) < 4.78 is 5.16. The van der Waals surface area contributed by atoms with Crippen LogP contribution in [0, 0.1) is 13.8 Å². The van der Waals surface area contributed by atoms with Gasteiger partial charge in [0.1, 0.15) is 11.5 Å². The molecule has 4 rings (SSSR count). The third-order valence-corrected chi connectivity index (χ3v) is 6.54. The number of thiazole rings is 1. The summed E-state index contributed by atoms with van der Waals surface area (Å²) in [4.78, 5) is 32.9. The number of methoxy groups -OCH3 is 1. The Morgan fingerprint density at radius 2 is 1.74 bits per heavy atom. The van der Waals surface area contributed by atoms with Gasteiger partial charge >= 0.3 is 5.91 Å². The standard InChI is InChI=1S/C23H19ClN2O4S/c1-12-13(2)31-23(25-12)26-19(14-4-8-16(24)9-5-14)18(21(28)22(26)29)20(27)15-6-10-17(30-3)11-7-15/h4-11,19,27H,1-3H3/t19-/m1/s1. The minimum absolute atomic E-state index is 0.00277. The number of carbonyl (C=O) groups excluding carboxylic acids is 2. The molecule has 158 valence electrons. The Labute approximate surface area is 188 Å². The number of halogens is 1. The molecule has 6 nitrogen and oxygen atoms in total. The van der Waals surface area contributed by atoms with E-state index in [0.29, 0.717) is 27.0 Å². The first-order chi connectivity index (χ1) is 14.8. The molecule has 1 N–H and O–H groups in total. The number of hydrogen-bond acceptors (Lipinski definition) is 6. The van der Waals surface area contributed by atoms with Crippen molar-refractivity contribution in [3.05, 3.63) is 80.8 Å². The van der Waals surface area contributed by atoms with Crippen LogP contribution >= 0.6 is 22.9 Å². The molecule has 3 aromatic rings. The van der Waals surface area contributed by atoms with E-state index >= 15 is 0 Å². The van der Waals surface area contributed by atoms with Crippen molar-refractivity contribution in [3.63, 3.8) is 0 Å². The highest BCUT2D eigenvalue weighted by Gasteiger charge is 2.48. The van der Waals surface area contributed by atoms with E-state index in [1.807, 2.05) is 13.8 Å². The Kier molecular flexibility index (Phi) is 5.56. The van der Waals surface area contributed by atoms with Crippen LogP contribution in [0.1, 0.15) is 27.7 Å². The van der Waals surface area contributed by atoms with E-state index in [0.717, 1.165) is 10.6 Å². The first-order valence-electron chi connectivity index (χ1n) is 9.46. The van der Waals surface area contributed by atoms with Gasteiger partial charge in [0.2, 0.25) is 0 Å². The minimum atomic E-state index is -0.829. The van der Waals surface area contributed by atoms with Crippen LogP contribution in [0.25, 0.3) is 5.76 Å². The third-order valence-electron chi connectivity index (χ3n) is 5.22. The Morgan fingerprint density at radius 3 is 2.29 bits per heavy atom. The van der Waals surface area contributed by atoms with Gasteiger partial charge in [-0.05, 0) is 55.8 Å². The van der Waals surface area contributed by atoms with Crippen LogP contribution in [0.15, 0.2) is 54.1 Å². The highest BCUT2D eigenvalue weighted by atomic mass is 35.5. The zero-order chi connectivity index (χ0) is 22.3. The Morgan fingerprint density at radius 1 is 1.10 bits per heavy atom. The molecule has 2 heterocycles. The van der Waals surface area contributed by atoms with Crippen molar-refractivity contribution in [3.8, 4) is 5.75 Å². The highest BCUT2D eigenvalue weighted by molar-refractivity contribution is 7.16. The topological polar surface area (TPSA) is 79.7 Å². The van der Waals surface area contributed by atoms with Gasteiger partial charge in [0, 0.05) is 15.5 Å². The summed E-state index contributed by atoms with van der Waals surface area (Å²) in [7, 11) is 1.54. The van der Waals surface area contributed by atoms with Gasteiger partial charge in [-0.1, -0.05) is 23.7 Å². The van der Waals surface area contributed by atoms with Gasteiger partial charge < -0.3 is 9.84 Å². The van der Waals surface area contributed by atoms with Gasteiger partial charge in [-0.2, -0.15) is 0 Å². The lowest BCUT2D eigenvalue weighted by molar-refractivity contribution is -0.132. The Hall–Kier alpha value is -3.16. The predicted octanol–water partition coefficient (Wildman–Crippen LogP) is 5.05. The molecule has 2 aromatic carbocycles. The Bertz CT molecular complexity index is 1180. The number of amides is 1. The number of aromatic nitrogens is 1. The van der Waals surface area contributed by atoms with Gasteiger partial charge in [0.15, 0.2) is 5.13 Å². The van der Waals surface area contributed by atoms with Gasteiger partial charge in [0.25, 0.3) is 5.78 Å².